The quantitative estimate of drug-likeness (QED) is 0.464. The molecule has 3 aromatic carbocycles. The van der Waals surface area contributed by atoms with Gasteiger partial charge in [0.15, 0.2) is 5.78 Å². The highest BCUT2D eigenvalue weighted by Crippen LogP contribution is 2.16. The summed E-state index contributed by atoms with van der Waals surface area (Å²) in [6.45, 7) is 0. The summed E-state index contributed by atoms with van der Waals surface area (Å²) in [5.74, 6) is 0.0686. The number of carbonyl (C=O) groups excluding carboxylic acids is 1. The van der Waals surface area contributed by atoms with Gasteiger partial charge in [-0.3, -0.25) is 4.79 Å². The number of hydrogen-bond donors (Lipinski definition) is 0. The Morgan fingerprint density at radius 1 is 0.818 bits per heavy atom. The molecule has 108 valence electrons. The predicted octanol–water partition coefficient (Wildman–Crippen LogP) is 5.21. The van der Waals surface area contributed by atoms with Crippen molar-refractivity contribution in [3.8, 4) is 0 Å². The van der Waals surface area contributed by atoms with Gasteiger partial charge in [0, 0.05) is 5.56 Å². The van der Waals surface area contributed by atoms with Crippen LogP contribution in [-0.2, 0) is 6.42 Å². The van der Waals surface area contributed by atoms with Crippen molar-refractivity contribution in [2.45, 2.75) is 12.8 Å². The lowest BCUT2D eigenvalue weighted by Gasteiger charge is -2.02. The van der Waals surface area contributed by atoms with E-state index in [-0.39, 0.29) is 5.78 Å². The van der Waals surface area contributed by atoms with Crippen LogP contribution in [0.4, 0.5) is 0 Å². The van der Waals surface area contributed by atoms with Crippen molar-refractivity contribution in [1.29, 1.82) is 0 Å². The van der Waals surface area contributed by atoms with Crippen molar-refractivity contribution in [2.75, 3.05) is 0 Å². The molecule has 3 rings (SSSR count). The molecular weight excluding hydrogens is 268 g/mol. The number of carbonyl (C=O) groups is 1. The topological polar surface area (TPSA) is 17.1 Å². The second-order valence-corrected chi connectivity index (χ2v) is 5.35. The molecule has 0 aromatic heterocycles. The van der Waals surface area contributed by atoms with Gasteiger partial charge in [-0.25, -0.2) is 0 Å². The van der Waals surface area contributed by atoms with Crippen molar-refractivity contribution in [3.05, 3.63) is 96.1 Å². The first kappa shape index (κ1) is 14.3. The number of fused-ring (bicyclic) bond motifs is 1. The zero-order valence-corrected chi connectivity index (χ0v) is 12.4. The van der Waals surface area contributed by atoms with E-state index in [0.717, 1.165) is 18.4 Å². The summed E-state index contributed by atoms with van der Waals surface area (Å²) in [6.07, 6.45) is 5.46. The van der Waals surface area contributed by atoms with Gasteiger partial charge in [0.1, 0.15) is 0 Å². The Morgan fingerprint density at radius 3 is 2.36 bits per heavy atom. The summed E-state index contributed by atoms with van der Waals surface area (Å²) < 4.78 is 0. The molecule has 0 heterocycles. The van der Waals surface area contributed by atoms with Gasteiger partial charge in [0.2, 0.25) is 0 Å². The molecule has 0 saturated carbocycles. The van der Waals surface area contributed by atoms with Gasteiger partial charge >= 0.3 is 0 Å². The molecule has 0 aliphatic rings. The smallest absolute Gasteiger partial charge is 0.185 e. The maximum atomic E-state index is 11.9. The highest BCUT2D eigenvalue weighted by atomic mass is 16.1. The monoisotopic (exact) mass is 286 g/mol. The minimum Gasteiger partial charge on any atom is -0.289 e. The van der Waals surface area contributed by atoms with Crippen LogP contribution in [0.5, 0.6) is 0 Å². The molecule has 1 nitrogen and oxygen atoms in total. The summed E-state index contributed by atoms with van der Waals surface area (Å²) in [4.78, 5) is 11.9. The van der Waals surface area contributed by atoms with Gasteiger partial charge in [-0.1, -0.05) is 78.9 Å². The molecule has 0 aliphatic carbocycles. The number of benzene rings is 3. The Balaban J connectivity index is 1.60. The maximum Gasteiger partial charge on any atom is 0.185 e. The molecule has 0 aliphatic heterocycles. The summed E-state index contributed by atoms with van der Waals surface area (Å²) >= 11 is 0. The van der Waals surface area contributed by atoms with Crippen LogP contribution in [0, 0.1) is 0 Å². The van der Waals surface area contributed by atoms with Crippen molar-refractivity contribution in [2.24, 2.45) is 0 Å². The first-order chi connectivity index (χ1) is 10.8. The van der Waals surface area contributed by atoms with Gasteiger partial charge in [-0.05, 0) is 35.3 Å². The van der Waals surface area contributed by atoms with E-state index in [2.05, 4.69) is 42.5 Å². The van der Waals surface area contributed by atoms with Gasteiger partial charge in [0.25, 0.3) is 0 Å². The number of rotatable bonds is 5. The summed E-state index contributed by atoms with van der Waals surface area (Å²) in [6, 6.07) is 24.3. The van der Waals surface area contributed by atoms with Crippen LogP contribution in [0.1, 0.15) is 22.3 Å². The molecule has 0 amide bonds. The standard InChI is InChI=1S/C21H18O/c22-21(19-10-2-1-3-11-19)13-7-4-8-17-14-15-18-9-5-6-12-20(18)16-17/h1-3,5-7,9-16H,4,8H2. The molecular formula is C21H18O. The third-order valence-corrected chi connectivity index (χ3v) is 3.74. The van der Waals surface area contributed by atoms with E-state index in [4.69, 9.17) is 0 Å². The van der Waals surface area contributed by atoms with E-state index in [1.807, 2.05) is 36.4 Å². The maximum absolute atomic E-state index is 11.9. The second-order valence-electron chi connectivity index (χ2n) is 5.35. The Morgan fingerprint density at radius 2 is 1.55 bits per heavy atom. The summed E-state index contributed by atoms with van der Waals surface area (Å²) in [5.41, 5.74) is 2.04. The Bertz CT molecular complexity index is 800. The second kappa shape index (κ2) is 6.86. The van der Waals surface area contributed by atoms with Crippen molar-refractivity contribution >= 4 is 16.6 Å². The van der Waals surface area contributed by atoms with E-state index in [9.17, 15) is 4.79 Å². The third kappa shape index (κ3) is 3.50. The molecule has 0 unspecified atom stereocenters. The molecule has 0 atom stereocenters. The van der Waals surface area contributed by atoms with Crippen LogP contribution in [0.15, 0.2) is 84.9 Å². The van der Waals surface area contributed by atoms with Crippen LogP contribution in [-0.4, -0.2) is 5.78 Å². The normalized spacial score (nSPS) is 11.1. The minimum atomic E-state index is 0.0686. The number of ketones is 1. The fourth-order valence-corrected chi connectivity index (χ4v) is 2.53. The highest BCUT2D eigenvalue weighted by molar-refractivity contribution is 6.04. The molecule has 0 N–H and O–H groups in total. The minimum absolute atomic E-state index is 0.0686. The van der Waals surface area contributed by atoms with Crippen molar-refractivity contribution in [3.63, 3.8) is 0 Å². The number of hydrogen-bond acceptors (Lipinski definition) is 1. The largest absolute Gasteiger partial charge is 0.289 e. The molecule has 3 aromatic rings. The average molecular weight is 286 g/mol. The van der Waals surface area contributed by atoms with Crippen LogP contribution in [0.2, 0.25) is 0 Å². The van der Waals surface area contributed by atoms with Crippen LogP contribution < -0.4 is 0 Å². The molecule has 0 radical (unpaired) electrons. The van der Waals surface area contributed by atoms with E-state index in [1.165, 1.54) is 16.3 Å². The Labute approximate surface area is 130 Å². The molecule has 0 saturated heterocycles. The van der Waals surface area contributed by atoms with E-state index < -0.39 is 0 Å². The lowest BCUT2D eigenvalue weighted by atomic mass is 10.0. The highest BCUT2D eigenvalue weighted by Gasteiger charge is 1.99. The number of aryl methyl sites for hydroxylation is 1. The van der Waals surface area contributed by atoms with Crippen LogP contribution in [0.25, 0.3) is 10.8 Å². The molecule has 22 heavy (non-hydrogen) atoms. The summed E-state index contributed by atoms with van der Waals surface area (Å²) in [5, 5.41) is 2.53. The molecule has 0 fully saturated rings. The van der Waals surface area contributed by atoms with E-state index >= 15 is 0 Å². The van der Waals surface area contributed by atoms with Crippen LogP contribution in [0.3, 0.4) is 0 Å². The van der Waals surface area contributed by atoms with E-state index in [0.29, 0.717) is 0 Å². The molecule has 1 heteroatoms. The van der Waals surface area contributed by atoms with E-state index in [1.54, 1.807) is 6.08 Å². The zero-order chi connectivity index (χ0) is 15.2. The fraction of sp³-hybridized carbons (Fsp3) is 0.0952. The van der Waals surface area contributed by atoms with Crippen molar-refractivity contribution < 1.29 is 4.79 Å². The lowest BCUT2D eigenvalue weighted by molar-refractivity contribution is 0.104. The Kier molecular flexibility index (Phi) is 4.45. The van der Waals surface area contributed by atoms with Crippen LogP contribution >= 0.6 is 0 Å². The van der Waals surface area contributed by atoms with Crippen molar-refractivity contribution in [1.82, 2.24) is 0 Å². The first-order valence-electron chi connectivity index (χ1n) is 7.56. The SMILES string of the molecule is O=C(C=CCCc1ccc2ccccc2c1)c1ccccc1. The first-order valence-corrected chi connectivity index (χ1v) is 7.56. The summed E-state index contributed by atoms with van der Waals surface area (Å²) in [7, 11) is 0. The molecule has 0 bridgehead atoms. The Hall–Kier alpha value is -2.67. The average Bonchev–Trinajstić information content (AvgIpc) is 2.59. The van der Waals surface area contributed by atoms with Gasteiger partial charge in [0.05, 0.1) is 0 Å². The third-order valence-electron chi connectivity index (χ3n) is 3.74. The zero-order valence-electron chi connectivity index (χ0n) is 12.4. The predicted molar refractivity (Wildman–Crippen MR) is 92.2 cm³/mol. The van der Waals surface area contributed by atoms with Gasteiger partial charge in [-0.2, -0.15) is 0 Å². The van der Waals surface area contributed by atoms with Gasteiger partial charge in [-0.15, -0.1) is 0 Å². The molecule has 0 spiro atoms. The van der Waals surface area contributed by atoms with Gasteiger partial charge < -0.3 is 0 Å². The lowest BCUT2D eigenvalue weighted by Crippen LogP contribution is -1.93. The number of allylic oxidation sites excluding steroid dienone is 2. The fourth-order valence-electron chi connectivity index (χ4n) is 2.53.